The predicted octanol–water partition coefficient (Wildman–Crippen LogP) is 4.44. The van der Waals surface area contributed by atoms with Crippen LogP contribution in [-0.2, 0) is 0 Å². The molecule has 1 atom stereocenters. The maximum Gasteiger partial charge on any atom is 0.0334 e. The largest absolute Gasteiger partial charge is 0.297 e. The summed E-state index contributed by atoms with van der Waals surface area (Å²) in [6.45, 7) is 8.69. The van der Waals surface area contributed by atoms with Crippen molar-refractivity contribution in [3.05, 3.63) is 23.9 Å². The SMILES string of the molecule is C\C=C/C(=C\N=C/C)C(C)N(C)C1CCC(C)CC1. The monoisotopic (exact) mass is 262 g/mol. The molecule has 2 nitrogen and oxygen atoms in total. The molecule has 0 aromatic heterocycles. The molecule has 1 fully saturated rings. The molecule has 0 saturated heterocycles. The Balaban J connectivity index is 2.70. The second-order valence-electron chi connectivity index (χ2n) is 5.79. The first kappa shape index (κ1) is 16.2. The molecule has 0 N–H and O–H groups in total. The van der Waals surface area contributed by atoms with Gasteiger partial charge in [-0.15, -0.1) is 0 Å². The molecular formula is C17H30N2. The van der Waals surface area contributed by atoms with Crippen molar-refractivity contribution < 1.29 is 0 Å². The summed E-state index contributed by atoms with van der Waals surface area (Å²) in [6.07, 6.45) is 13.5. The van der Waals surface area contributed by atoms with E-state index in [2.05, 4.69) is 49.9 Å². The van der Waals surface area contributed by atoms with Gasteiger partial charge in [0.05, 0.1) is 0 Å². The third-order valence-corrected chi connectivity index (χ3v) is 4.39. The zero-order valence-electron chi connectivity index (χ0n) is 13.3. The van der Waals surface area contributed by atoms with Crippen molar-refractivity contribution in [3.8, 4) is 0 Å². The number of hydrogen-bond acceptors (Lipinski definition) is 2. The van der Waals surface area contributed by atoms with Crippen molar-refractivity contribution >= 4 is 6.21 Å². The molecule has 0 radical (unpaired) electrons. The van der Waals surface area contributed by atoms with E-state index in [1.807, 2.05) is 19.3 Å². The maximum absolute atomic E-state index is 4.29. The molecule has 19 heavy (non-hydrogen) atoms. The Morgan fingerprint density at radius 3 is 2.37 bits per heavy atom. The maximum atomic E-state index is 4.29. The van der Waals surface area contributed by atoms with Crippen LogP contribution in [0.4, 0.5) is 0 Å². The van der Waals surface area contributed by atoms with E-state index in [4.69, 9.17) is 0 Å². The second kappa shape index (κ2) is 8.31. The van der Waals surface area contributed by atoms with Crippen LogP contribution in [0.2, 0.25) is 0 Å². The quantitative estimate of drug-likeness (QED) is 0.528. The number of hydrogen-bond donors (Lipinski definition) is 0. The average molecular weight is 262 g/mol. The van der Waals surface area contributed by atoms with Crippen molar-refractivity contribution in [2.45, 2.75) is 65.5 Å². The first-order valence-electron chi connectivity index (χ1n) is 7.62. The van der Waals surface area contributed by atoms with Gasteiger partial charge in [-0.05, 0) is 65.0 Å². The van der Waals surface area contributed by atoms with Crippen LogP contribution in [0.3, 0.4) is 0 Å². The highest BCUT2D eigenvalue weighted by atomic mass is 15.2. The van der Waals surface area contributed by atoms with Crippen LogP contribution in [0.25, 0.3) is 0 Å². The van der Waals surface area contributed by atoms with Crippen molar-refractivity contribution in [1.29, 1.82) is 0 Å². The van der Waals surface area contributed by atoms with Crippen molar-refractivity contribution in [1.82, 2.24) is 4.90 Å². The number of likely N-dealkylation sites (N-methyl/N-ethyl adjacent to an activating group) is 1. The lowest BCUT2D eigenvalue weighted by Gasteiger charge is -2.37. The summed E-state index contributed by atoms with van der Waals surface area (Å²) in [7, 11) is 2.26. The Hall–Kier alpha value is -0.890. The number of nitrogens with zero attached hydrogens (tertiary/aromatic N) is 2. The first-order chi connectivity index (χ1) is 9.10. The van der Waals surface area contributed by atoms with E-state index in [1.165, 1.54) is 31.3 Å². The summed E-state index contributed by atoms with van der Waals surface area (Å²) < 4.78 is 0. The summed E-state index contributed by atoms with van der Waals surface area (Å²) in [5.74, 6) is 0.912. The van der Waals surface area contributed by atoms with E-state index in [0.717, 1.165) is 12.0 Å². The van der Waals surface area contributed by atoms with Crippen LogP contribution >= 0.6 is 0 Å². The van der Waals surface area contributed by atoms with E-state index in [-0.39, 0.29) is 0 Å². The molecule has 1 unspecified atom stereocenters. The topological polar surface area (TPSA) is 15.6 Å². The third kappa shape index (κ3) is 4.94. The Kier molecular flexibility index (Phi) is 7.07. The van der Waals surface area contributed by atoms with Gasteiger partial charge in [0.1, 0.15) is 0 Å². The van der Waals surface area contributed by atoms with Crippen molar-refractivity contribution in [2.24, 2.45) is 10.9 Å². The summed E-state index contributed by atoms with van der Waals surface area (Å²) in [6, 6.07) is 1.16. The standard InChI is InChI=1S/C17H30N2/c1-6-8-16(13-18-7-2)15(4)19(5)17-11-9-14(3)10-12-17/h6-8,13-15,17H,9-12H2,1-5H3/b8-6-,16-13+,18-7-. The molecule has 0 spiro atoms. The van der Waals surface area contributed by atoms with E-state index in [9.17, 15) is 0 Å². The first-order valence-corrected chi connectivity index (χ1v) is 7.62. The van der Waals surface area contributed by atoms with Gasteiger partial charge in [0.2, 0.25) is 0 Å². The van der Waals surface area contributed by atoms with E-state index in [1.54, 1.807) is 0 Å². The molecule has 1 saturated carbocycles. The lowest BCUT2D eigenvalue weighted by Crippen LogP contribution is -2.41. The van der Waals surface area contributed by atoms with Gasteiger partial charge in [-0.2, -0.15) is 0 Å². The fraction of sp³-hybridized carbons (Fsp3) is 0.706. The molecule has 2 heteroatoms. The van der Waals surface area contributed by atoms with Gasteiger partial charge in [-0.1, -0.05) is 19.1 Å². The summed E-state index contributed by atoms with van der Waals surface area (Å²) >= 11 is 0. The van der Waals surface area contributed by atoms with Gasteiger partial charge in [0.25, 0.3) is 0 Å². The normalized spacial score (nSPS) is 27.6. The molecule has 1 aliphatic rings. The molecule has 0 aromatic rings. The highest BCUT2D eigenvalue weighted by Gasteiger charge is 2.25. The number of aliphatic imine (C=N–C) groups is 1. The molecule has 0 bridgehead atoms. The van der Waals surface area contributed by atoms with Crippen LogP contribution in [0, 0.1) is 5.92 Å². The van der Waals surface area contributed by atoms with Gasteiger partial charge in [0.15, 0.2) is 0 Å². The molecule has 1 rings (SSSR count). The minimum Gasteiger partial charge on any atom is -0.297 e. The molecule has 108 valence electrons. The molecule has 0 heterocycles. The van der Waals surface area contributed by atoms with Gasteiger partial charge < -0.3 is 0 Å². The van der Waals surface area contributed by atoms with Gasteiger partial charge in [-0.3, -0.25) is 9.89 Å². The van der Waals surface area contributed by atoms with Crippen LogP contribution < -0.4 is 0 Å². The fourth-order valence-electron chi connectivity index (χ4n) is 2.84. The number of allylic oxidation sites excluding steroid dienone is 1. The molecule has 0 amide bonds. The minimum atomic E-state index is 0.429. The lowest BCUT2D eigenvalue weighted by atomic mass is 9.86. The van der Waals surface area contributed by atoms with Crippen molar-refractivity contribution in [2.75, 3.05) is 7.05 Å². The van der Waals surface area contributed by atoms with Gasteiger partial charge >= 0.3 is 0 Å². The molecule has 1 aliphatic carbocycles. The van der Waals surface area contributed by atoms with E-state index in [0.29, 0.717) is 6.04 Å². The fourth-order valence-corrected chi connectivity index (χ4v) is 2.84. The third-order valence-electron chi connectivity index (χ3n) is 4.39. The second-order valence-corrected chi connectivity index (χ2v) is 5.79. The highest BCUT2D eigenvalue weighted by molar-refractivity contribution is 5.54. The van der Waals surface area contributed by atoms with Crippen LogP contribution in [0.5, 0.6) is 0 Å². The summed E-state index contributed by atoms with van der Waals surface area (Å²) in [5.41, 5.74) is 1.29. The van der Waals surface area contributed by atoms with E-state index < -0.39 is 0 Å². The Bertz CT molecular complexity index is 333. The van der Waals surface area contributed by atoms with Crippen LogP contribution in [0.1, 0.15) is 53.4 Å². The van der Waals surface area contributed by atoms with E-state index >= 15 is 0 Å². The van der Waals surface area contributed by atoms with Gasteiger partial charge in [-0.25, -0.2) is 0 Å². The summed E-state index contributed by atoms with van der Waals surface area (Å²) in [5, 5.41) is 0. The Labute approximate surface area is 119 Å². The zero-order valence-corrected chi connectivity index (χ0v) is 13.3. The highest BCUT2D eigenvalue weighted by Crippen LogP contribution is 2.28. The molecule has 0 aromatic carbocycles. The Morgan fingerprint density at radius 2 is 1.84 bits per heavy atom. The Morgan fingerprint density at radius 1 is 1.21 bits per heavy atom. The van der Waals surface area contributed by atoms with Crippen LogP contribution in [0.15, 0.2) is 28.9 Å². The molecular weight excluding hydrogens is 232 g/mol. The van der Waals surface area contributed by atoms with Gasteiger partial charge in [0, 0.05) is 24.5 Å². The lowest BCUT2D eigenvalue weighted by molar-refractivity contribution is 0.147. The smallest absolute Gasteiger partial charge is 0.0334 e. The number of rotatable bonds is 5. The summed E-state index contributed by atoms with van der Waals surface area (Å²) in [4.78, 5) is 6.82. The van der Waals surface area contributed by atoms with Crippen LogP contribution in [-0.4, -0.2) is 30.2 Å². The minimum absolute atomic E-state index is 0.429. The molecule has 0 aliphatic heterocycles. The predicted molar refractivity (Wildman–Crippen MR) is 85.7 cm³/mol. The average Bonchev–Trinajstić information content (AvgIpc) is 2.42. The zero-order chi connectivity index (χ0) is 14.3. The van der Waals surface area contributed by atoms with Crippen molar-refractivity contribution in [3.63, 3.8) is 0 Å².